The minimum absolute atomic E-state index is 0.0628. The molecule has 7 atom stereocenters. The number of carbonyl (C=O) groups excluding carboxylic acids is 4. The van der Waals surface area contributed by atoms with Crippen molar-refractivity contribution < 1.29 is 33.4 Å². The van der Waals surface area contributed by atoms with Crippen molar-refractivity contribution in [3.8, 4) is 11.1 Å². The molecular formula is C47H53N7O7. The summed E-state index contributed by atoms with van der Waals surface area (Å²) in [6.07, 6.45) is 3.35. The molecule has 2 saturated heterocycles. The zero-order valence-corrected chi connectivity index (χ0v) is 35.5. The van der Waals surface area contributed by atoms with Gasteiger partial charge in [-0.2, -0.15) is 0 Å². The van der Waals surface area contributed by atoms with E-state index in [1.807, 2.05) is 23.6 Å². The van der Waals surface area contributed by atoms with E-state index < -0.39 is 30.4 Å². The number of aromatic nitrogens is 2. The third-order valence-corrected chi connectivity index (χ3v) is 13.5. The molecule has 1 unspecified atom stereocenters. The Morgan fingerprint density at radius 2 is 1.49 bits per heavy atom. The largest absolute Gasteiger partial charge is 0.453 e. The van der Waals surface area contributed by atoms with Crippen molar-refractivity contribution in [1.29, 1.82) is 0 Å². The zero-order valence-electron chi connectivity index (χ0n) is 35.5. The van der Waals surface area contributed by atoms with E-state index in [1.54, 1.807) is 6.92 Å². The fourth-order valence-electron chi connectivity index (χ4n) is 10.3. The second kappa shape index (κ2) is 16.1. The summed E-state index contributed by atoms with van der Waals surface area (Å²) in [4.78, 5) is 69.9. The number of nitrogens with zero attached hydrogens (tertiary/aromatic N) is 4. The molecule has 318 valence electrons. The third kappa shape index (κ3) is 7.13. The Labute approximate surface area is 354 Å². The van der Waals surface area contributed by atoms with Crippen molar-refractivity contribution in [2.45, 2.75) is 95.6 Å². The number of imidazole rings is 1. The lowest BCUT2D eigenvalue weighted by molar-refractivity contribution is -0.141. The van der Waals surface area contributed by atoms with Crippen LogP contribution in [0.25, 0.3) is 43.7 Å². The summed E-state index contributed by atoms with van der Waals surface area (Å²) >= 11 is 0. The minimum atomic E-state index is -0.897. The predicted molar refractivity (Wildman–Crippen MR) is 233 cm³/mol. The number of carbonyl (C=O) groups is 4. The van der Waals surface area contributed by atoms with Gasteiger partial charge in [0.25, 0.3) is 0 Å². The monoisotopic (exact) mass is 827 g/mol. The second-order valence-electron chi connectivity index (χ2n) is 17.3. The molecule has 4 aromatic carbocycles. The molecule has 1 aromatic heterocycles. The molecule has 1 saturated carbocycles. The van der Waals surface area contributed by atoms with Crippen LogP contribution in [0, 0.1) is 11.8 Å². The molecule has 4 heterocycles. The molecule has 0 radical (unpaired) electrons. The van der Waals surface area contributed by atoms with Crippen molar-refractivity contribution in [3.05, 3.63) is 72.1 Å². The number of aromatic amines is 1. The SMILES string of the molecule is COC(=O)NC(C(=O)N1[C@@H]2CC[C@@H](C2)[C@H]1c1nc2c(ccc3cc(-c4ccc5c6c(ccc5c4)N=C([C@@H]4CCCN4C(=O)[C@@H](NC(=O)OC)C(C)C)C6)ccc32)[nH]1)[C@@H](C)OC. The van der Waals surface area contributed by atoms with Crippen LogP contribution in [-0.2, 0) is 30.2 Å². The number of benzene rings is 4. The molecule has 4 aliphatic rings. The average molecular weight is 828 g/mol. The number of nitrogens with one attached hydrogen (secondary N) is 3. The Hall–Kier alpha value is -6.02. The average Bonchev–Trinajstić information content (AvgIpc) is 4.13. The number of hydrogen-bond acceptors (Lipinski definition) is 9. The molecule has 14 heteroatoms. The summed E-state index contributed by atoms with van der Waals surface area (Å²) in [5.74, 6) is 0.625. The van der Waals surface area contributed by atoms with Crippen LogP contribution in [0.2, 0.25) is 0 Å². The fraction of sp³-hybridized carbons (Fsp3) is 0.447. The Balaban J connectivity index is 0.957. The Kier molecular flexibility index (Phi) is 10.7. The predicted octanol–water partition coefficient (Wildman–Crippen LogP) is 7.35. The van der Waals surface area contributed by atoms with Crippen LogP contribution in [-0.4, -0.2) is 108 Å². The number of methoxy groups -OCH3 is 3. The summed E-state index contributed by atoms with van der Waals surface area (Å²) in [7, 11) is 4.11. The van der Waals surface area contributed by atoms with Gasteiger partial charge >= 0.3 is 12.2 Å². The van der Waals surface area contributed by atoms with Crippen LogP contribution in [0.1, 0.15) is 70.3 Å². The van der Waals surface area contributed by atoms with Crippen molar-refractivity contribution in [1.82, 2.24) is 30.4 Å². The van der Waals surface area contributed by atoms with Crippen molar-refractivity contribution >= 4 is 68.0 Å². The Morgan fingerprint density at radius 1 is 0.803 bits per heavy atom. The highest BCUT2D eigenvalue weighted by atomic mass is 16.5. The van der Waals surface area contributed by atoms with Crippen molar-refractivity contribution in [3.63, 3.8) is 0 Å². The summed E-state index contributed by atoms with van der Waals surface area (Å²) in [6.45, 7) is 6.24. The van der Waals surface area contributed by atoms with E-state index in [2.05, 4.69) is 76.3 Å². The highest BCUT2D eigenvalue weighted by Crippen LogP contribution is 2.50. The summed E-state index contributed by atoms with van der Waals surface area (Å²) in [5.41, 5.74) is 7.04. The maximum absolute atomic E-state index is 14.2. The number of hydrogen-bond donors (Lipinski definition) is 3. The number of piperidine rings is 1. The molecule has 5 aromatic rings. The fourth-order valence-corrected chi connectivity index (χ4v) is 10.3. The molecular weight excluding hydrogens is 775 g/mol. The number of ether oxygens (including phenoxy) is 3. The molecule has 0 spiro atoms. The molecule has 3 fully saturated rings. The number of likely N-dealkylation sites (tertiary alicyclic amines) is 2. The maximum Gasteiger partial charge on any atom is 0.407 e. The summed E-state index contributed by atoms with van der Waals surface area (Å²) in [6, 6.07) is 19.6. The van der Waals surface area contributed by atoms with E-state index in [0.29, 0.717) is 13.0 Å². The number of fused-ring (bicyclic) bond motifs is 8. The van der Waals surface area contributed by atoms with Gasteiger partial charge in [0, 0.05) is 37.2 Å². The molecule has 1 aliphatic carbocycles. The zero-order chi connectivity index (χ0) is 42.7. The molecule has 61 heavy (non-hydrogen) atoms. The van der Waals surface area contributed by atoms with Gasteiger partial charge in [-0.25, -0.2) is 14.6 Å². The van der Waals surface area contributed by atoms with Crippen molar-refractivity contribution in [2.24, 2.45) is 16.8 Å². The summed E-state index contributed by atoms with van der Waals surface area (Å²) < 4.78 is 15.2. The lowest BCUT2D eigenvalue weighted by Crippen LogP contribution is -2.56. The van der Waals surface area contributed by atoms with E-state index in [-0.39, 0.29) is 41.8 Å². The van der Waals surface area contributed by atoms with Crippen LogP contribution >= 0.6 is 0 Å². The summed E-state index contributed by atoms with van der Waals surface area (Å²) in [5, 5.41) is 9.79. The van der Waals surface area contributed by atoms with Gasteiger partial charge in [-0.3, -0.25) is 14.6 Å². The first kappa shape index (κ1) is 40.4. The van der Waals surface area contributed by atoms with Gasteiger partial charge < -0.3 is 39.6 Å². The first-order valence-corrected chi connectivity index (χ1v) is 21.4. The molecule has 9 rings (SSSR count). The van der Waals surface area contributed by atoms with Gasteiger partial charge in [0.2, 0.25) is 11.8 Å². The highest BCUT2D eigenvalue weighted by Gasteiger charge is 2.52. The van der Waals surface area contributed by atoms with Crippen LogP contribution in [0.15, 0.2) is 65.7 Å². The smallest absolute Gasteiger partial charge is 0.407 e. The Bertz CT molecular complexity index is 2600. The van der Waals surface area contributed by atoms with Crippen LogP contribution in [0.3, 0.4) is 0 Å². The van der Waals surface area contributed by atoms with E-state index in [1.165, 1.54) is 26.9 Å². The van der Waals surface area contributed by atoms with E-state index >= 15 is 0 Å². The lowest BCUT2D eigenvalue weighted by Gasteiger charge is -2.37. The van der Waals surface area contributed by atoms with E-state index in [9.17, 15) is 19.2 Å². The van der Waals surface area contributed by atoms with E-state index in [4.69, 9.17) is 24.2 Å². The molecule has 4 amide bonds. The second-order valence-corrected chi connectivity index (χ2v) is 17.3. The van der Waals surface area contributed by atoms with Gasteiger partial charge in [0.15, 0.2) is 0 Å². The molecule has 3 N–H and O–H groups in total. The molecule has 14 nitrogen and oxygen atoms in total. The first-order chi connectivity index (χ1) is 29.5. The van der Waals surface area contributed by atoms with Gasteiger partial charge in [-0.15, -0.1) is 0 Å². The van der Waals surface area contributed by atoms with Crippen LogP contribution < -0.4 is 10.6 Å². The van der Waals surface area contributed by atoms with Crippen LogP contribution in [0.5, 0.6) is 0 Å². The number of alkyl carbamates (subject to hydrolysis) is 2. The number of rotatable bonds is 10. The third-order valence-electron chi connectivity index (χ3n) is 13.5. The van der Waals surface area contributed by atoms with Gasteiger partial charge in [0.05, 0.1) is 49.1 Å². The van der Waals surface area contributed by atoms with Gasteiger partial charge in [0.1, 0.15) is 17.9 Å². The molecule has 2 bridgehead atoms. The lowest BCUT2D eigenvalue weighted by atomic mass is 9.94. The number of H-pyrrole nitrogens is 1. The highest BCUT2D eigenvalue weighted by molar-refractivity contribution is 6.07. The standard InChI is InChI=1S/C47H53N7O7/c1-24(2)39(51-46(57)60-5)44(55)53-19-7-8-38(53)37-23-34-32-15-10-26(20-28(32)12-17-35(34)48-37)27-11-16-33-29(21-27)13-18-36-41(33)50-43(49-36)42-30-9-14-31(22-30)54(42)45(56)40(25(3)59-4)52-47(58)61-6/h10-13,15-18,20-21,24-25,30-31,38-40,42H,7-9,14,19,22-23H2,1-6H3,(H,49,50)(H,51,57)(H,52,58)/t25-,30+,31-,38+,39+,40?,42+/m1/s1. The first-order valence-electron chi connectivity index (χ1n) is 21.4. The van der Waals surface area contributed by atoms with Crippen LogP contribution in [0.4, 0.5) is 15.3 Å². The van der Waals surface area contributed by atoms with Gasteiger partial charge in [-0.05, 0) is 108 Å². The minimum Gasteiger partial charge on any atom is -0.453 e. The quantitative estimate of drug-likeness (QED) is 0.131. The molecule has 3 aliphatic heterocycles. The Morgan fingerprint density at radius 3 is 2.20 bits per heavy atom. The normalized spacial score (nSPS) is 22.1. The van der Waals surface area contributed by atoms with E-state index in [0.717, 1.165) is 93.0 Å². The number of amides is 4. The van der Waals surface area contributed by atoms with Crippen molar-refractivity contribution in [2.75, 3.05) is 27.9 Å². The maximum atomic E-state index is 14.2. The topological polar surface area (TPSA) is 168 Å². The number of aliphatic imine (C=N–C) groups is 1. The van der Waals surface area contributed by atoms with Gasteiger partial charge in [-0.1, -0.05) is 50.2 Å².